The number of rotatable bonds is 8. The summed E-state index contributed by atoms with van der Waals surface area (Å²) in [7, 11) is 0. The molecule has 0 aromatic heterocycles. The summed E-state index contributed by atoms with van der Waals surface area (Å²) in [6.45, 7) is 0.436. The van der Waals surface area contributed by atoms with Gasteiger partial charge in [0.2, 0.25) is 0 Å². The first kappa shape index (κ1) is 17.4. The number of hydrogen-bond acceptors (Lipinski definition) is 5. The highest BCUT2D eigenvalue weighted by Gasteiger charge is 2.41. The molecule has 1 saturated heterocycles. The van der Waals surface area contributed by atoms with Crippen LogP contribution >= 0.6 is 23.5 Å². The molecule has 0 spiro atoms. The predicted octanol–water partition coefficient (Wildman–Crippen LogP) is 3.20. The molecule has 4 nitrogen and oxygen atoms in total. The van der Waals surface area contributed by atoms with Gasteiger partial charge in [0.05, 0.1) is 6.61 Å². The highest BCUT2D eigenvalue weighted by Crippen LogP contribution is 2.46. The molecule has 1 aromatic carbocycles. The number of carboxylic acids is 1. The number of Topliss-reactive ketones (excluding diaryl/α,β-unsaturated/α-hetero) is 1. The van der Waals surface area contributed by atoms with E-state index in [0.29, 0.717) is 13.0 Å². The molecule has 1 heterocycles. The van der Waals surface area contributed by atoms with Crippen LogP contribution in [-0.4, -0.2) is 39.1 Å². The van der Waals surface area contributed by atoms with Crippen LogP contribution in [0.1, 0.15) is 24.8 Å². The summed E-state index contributed by atoms with van der Waals surface area (Å²) in [6, 6.07) is 9.71. The Labute approximate surface area is 139 Å². The molecule has 120 valence electrons. The Kier molecular flexibility index (Phi) is 6.79. The second-order valence-corrected chi connectivity index (χ2v) is 8.14. The van der Waals surface area contributed by atoms with Crippen LogP contribution in [-0.2, 0) is 20.9 Å². The van der Waals surface area contributed by atoms with Crippen LogP contribution in [0.4, 0.5) is 0 Å². The molecule has 0 saturated carbocycles. The summed E-state index contributed by atoms with van der Waals surface area (Å²) in [4.78, 5) is 23.4. The number of carbonyl (C=O) groups is 2. The Morgan fingerprint density at radius 2 is 1.86 bits per heavy atom. The van der Waals surface area contributed by atoms with Crippen molar-refractivity contribution in [3.8, 4) is 0 Å². The maximum atomic E-state index is 12.6. The average Bonchev–Trinajstić information content (AvgIpc) is 2.55. The molecule has 0 amide bonds. The van der Waals surface area contributed by atoms with Gasteiger partial charge < -0.3 is 9.84 Å². The fourth-order valence-electron chi connectivity index (χ4n) is 2.24. The standard InChI is InChI=1S/C16H20O4S2/c17-14(12-20-11-13-5-2-1-3-6-13)16(8-7-15(18)19)21-9-4-10-22-16/h1-3,5-6H,4,7-12H2,(H,18,19). The lowest BCUT2D eigenvalue weighted by Gasteiger charge is -2.34. The zero-order chi connectivity index (χ0) is 15.8. The smallest absolute Gasteiger partial charge is 0.303 e. The molecule has 0 radical (unpaired) electrons. The first-order valence-corrected chi connectivity index (χ1v) is 9.24. The maximum absolute atomic E-state index is 12.6. The van der Waals surface area contributed by atoms with Crippen LogP contribution < -0.4 is 0 Å². The predicted molar refractivity (Wildman–Crippen MR) is 90.2 cm³/mol. The fraction of sp³-hybridized carbons (Fsp3) is 0.500. The van der Waals surface area contributed by atoms with Gasteiger partial charge in [0.15, 0.2) is 5.78 Å². The second-order valence-electron chi connectivity index (χ2n) is 5.10. The molecular weight excluding hydrogens is 320 g/mol. The molecular formula is C16H20O4S2. The summed E-state index contributed by atoms with van der Waals surface area (Å²) >= 11 is 3.15. The van der Waals surface area contributed by atoms with Crippen molar-refractivity contribution in [3.63, 3.8) is 0 Å². The van der Waals surface area contributed by atoms with Crippen molar-refractivity contribution in [2.24, 2.45) is 0 Å². The Morgan fingerprint density at radius 1 is 1.18 bits per heavy atom. The molecule has 0 aliphatic carbocycles. The Hall–Kier alpha value is -0.980. The largest absolute Gasteiger partial charge is 0.481 e. The average molecular weight is 340 g/mol. The van der Waals surface area contributed by atoms with E-state index in [0.717, 1.165) is 23.5 Å². The number of aliphatic carboxylic acids is 1. The van der Waals surface area contributed by atoms with E-state index in [2.05, 4.69) is 0 Å². The third-order valence-electron chi connectivity index (χ3n) is 3.40. The lowest BCUT2D eigenvalue weighted by atomic mass is 10.1. The quantitative estimate of drug-likeness (QED) is 0.784. The van der Waals surface area contributed by atoms with Crippen molar-refractivity contribution >= 4 is 35.3 Å². The minimum atomic E-state index is -0.857. The number of carboxylic acid groups (broad SMARTS) is 1. The number of thioether (sulfide) groups is 2. The summed E-state index contributed by atoms with van der Waals surface area (Å²) in [5, 5.41) is 8.90. The molecule has 2 rings (SSSR count). The maximum Gasteiger partial charge on any atom is 0.303 e. The molecule has 0 bridgehead atoms. The van der Waals surface area contributed by atoms with Gasteiger partial charge in [-0.2, -0.15) is 0 Å². The van der Waals surface area contributed by atoms with E-state index in [9.17, 15) is 9.59 Å². The summed E-state index contributed by atoms with van der Waals surface area (Å²) in [5.74, 6) is 0.942. The number of carbonyl (C=O) groups excluding carboxylic acids is 1. The minimum Gasteiger partial charge on any atom is -0.481 e. The van der Waals surface area contributed by atoms with E-state index >= 15 is 0 Å². The minimum absolute atomic E-state index is 0.000573. The van der Waals surface area contributed by atoms with Crippen molar-refractivity contribution in [1.82, 2.24) is 0 Å². The molecule has 0 atom stereocenters. The summed E-state index contributed by atoms with van der Waals surface area (Å²) in [6.07, 6.45) is 1.44. The Bertz CT molecular complexity index is 498. The van der Waals surface area contributed by atoms with Gasteiger partial charge in [-0.05, 0) is 29.9 Å². The van der Waals surface area contributed by atoms with Crippen molar-refractivity contribution < 1.29 is 19.4 Å². The summed E-state index contributed by atoms with van der Waals surface area (Å²) in [5.41, 5.74) is 1.03. The van der Waals surface area contributed by atoms with Crippen molar-refractivity contribution in [2.45, 2.75) is 29.9 Å². The number of hydrogen-bond donors (Lipinski definition) is 1. The lowest BCUT2D eigenvalue weighted by molar-refractivity contribution is -0.137. The Morgan fingerprint density at radius 3 is 2.50 bits per heavy atom. The molecule has 0 unspecified atom stereocenters. The van der Waals surface area contributed by atoms with E-state index in [4.69, 9.17) is 9.84 Å². The Balaban J connectivity index is 1.89. The third-order valence-corrected chi connectivity index (χ3v) is 6.89. The molecule has 1 aromatic rings. The van der Waals surface area contributed by atoms with E-state index in [1.54, 1.807) is 23.5 Å². The molecule has 1 aliphatic rings. The van der Waals surface area contributed by atoms with Gasteiger partial charge in [-0.15, -0.1) is 23.5 Å². The monoisotopic (exact) mass is 340 g/mol. The van der Waals surface area contributed by atoms with Gasteiger partial charge in [-0.1, -0.05) is 30.3 Å². The topological polar surface area (TPSA) is 63.6 Å². The molecule has 1 N–H and O–H groups in total. The number of ketones is 1. The van der Waals surface area contributed by atoms with Crippen molar-refractivity contribution in [1.29, 1.82) is 0 Å². The zero-order valence-corrected chi connectivity index (χ0v) is 14.0. The number of benzene rings is 1. The first-order valence-electron chi connectivity index (χ1n) is 7.27. The van der Waals surface area contributed by atoms with Gasteiger partial charge in [-0.3, -0.25) is 9.59 Å². The van der Waals surface area contributed by atoms with Gasteiger partial charge in [0.25, 0.3) is 0 Å². The van der Waals surface area contributed by atoms with Crippen molar-refractivity contribution in [3.05, 3.63) is 35.9 Å². The van der Waals surface area contributed by atoms with Gasteiger partial charge in [-0.25, -0.2) is 0 Å². The molecule has 1 fully saturated rings. The van der Waals surface area contributed by atoms with Crippen LogP contribution in [0.15, 0.2) is 30.3 Å². The highest BCUT2D eigenvalue weighted by molar-refractivity contribution is 8.19. The SMILES string of the molecule is O=C(O)CCC1(C(=O)COCc2ccccc2)SCCCS1. The molecule has 6 heteroatoms. The van der Waals surface area contributed by atoms with E-state index in [-0.39, 0.29) is 18.8 Å². The second kappa shape index (κ2) is 8.60. The van der Waals surface area contributed by atoms with E-state index < -0.39 is 10.0 Å². The van der Waals surface area contributed by atoms with E-state index in [1.807, 2.05) is 30.3 Å². The van der Waals surface area contributed by atoms with Gasteiger partial charge in [0, 0.05) is 6.42 Å². The summed E-state index contributed by atoms with van der Waals surface area (Å²) < 4.78 is 4.90. The van der Waals surface area contributed by atoms with Crippen molar-refractivity contribution in [2.75, 3.05) is 18.1 Å². The highest BCUT2D eigenvalue weighted by atomic mass is 32.2. The number of ether oxygens (including phenoxy) is 1. The molecule has 22 heavy (non-hydrogen) atoms. The van der Waals surface area contributed by atoms with Crippen LogP contribution in [0.25, 0.3) is 0 Å². The van der Waals surface area contributed by atoms with E-state index in [1.165, 1.54) is 0 Å². The van der Waals surface area contributed by atoms with Crippen LogP contribution in [0.5, 0.6) is 0 Å². The first-order chi connectivity index (χ1) is 10.6. The van der Waals surface area contributed by atoms with Gasteiger partial charge >= 0.3 is 5.97 Å². The van der Waals surface area contributed by atoms with Crippen LogP contribution in [0.2, 0.25) is 0 Å². The zero-order valence-electron chi connectivity index (χ0n) is 12.3. The van der Waals surface area contributed by atoms with Crippen LogP contribution in [0, 0.1) is 0 Å². The lowest BCUT2D eigenvalue weighted by Crippen LogP contribution is -2.38. The van der Waals surface area contributed by atoms with Crippen LogP contribution in [0.3, 0.4) is 0 Å². The third kappa shape index (κ3) is 5.04. The fourth-order valence-corrected chi connectivity index (χ4v) is 5.42. The normalized spacial score (nSPS) is 17.1. The molecule has 1 aliphatic heterocycles. The van der Waals surface area contributed by atoms with Gasteiger partial charge in [0.1, 0.15) is 10.7 Å².